The van der Waals surface area contributed by atoms with Crippen molar-refractivity contribution in [1.29, 1.82) is 0 Å². The van der Waals surface area contributed by atoms with Crippen molar-refractivity contribution in [3.8, 4) is 0 Å². The van der Waals surface area contributed by atoms with Gasteiger partial charge in [-0.15, -0.1) is 0 Å². The quantitative estimate of drug-likeness (QED) is 0.629. The maximum absolute atomic E-state index is 12.8. The molecular weight excluding hydrogens is 370 g/mol. The van der Waals surface area contributed by atoms with Crippen LogP contribution in [-0.4, -0.2) is 22.8 Å². The van der Waals surface area contributed by atoms with Crippen molar-refractivity contribution in [1.82, 2.24) is 0 Å². The zero-order valence-electron chi connectivity index (χ0n) is 11.9. The van der Waals surface area contributed by atoms with Crippen molar-refractivity contribution in [2.24, 2.45) is 23.7 Å². The van der Waals surface area contributed by atoms with Gasteiger partial charge in [-0.25, -0.2) is 0 Å². The second-order valence-electron chi connectivity index (χ2n) is 6.36. The highest BCUT2D eigenvalue weighted by Crippen LogP contribution is 2.60. The van der Waals surface area contributed by atoms with Gasteiger partial charge in [-0.2, -0.15) is 0 Å². The number of esters is 1. The lowest BCUT2D eigenvalue weighted by atomic mass is 9.79. The first-order valence-electron chi connectivity index (χ1n) is 7.39. The highest BCUT2D eigenvalue weighted by atomic mass is 79.9. The van der Waals surface area contributed by atoms with Gasteiger partial charge in [0.2, 0.25) is 5.91 Å². The summed E-state index contributed by atoms with van der Waals surface area (Å²) >= 11 is 9.71. The molecule has 2 aliphatic carbocycles. The molecule has 2 bridgehead atoms. The molecule has 1 aromatic carbocycles. The summed E-state index contributed by atoms with van der Waals surface area (Å²) < 4.78 is 5.44. The van der Waals surface area contributed by atoms with E-state index in [1.807, 2.05) is 13.0 Å². The van der Waals surface area contributed by atoms with Gasteiger partial charge in [-0.05, 0) is 37.0 Å². The lowest BCUT2D eigenvalue weighted by Crippen LogP contribution is -2.40. The van der Waals surface area contributed by atoms with Crippen molar-refractivity contribution in [3.63, 3.8) is 0 Å². The molecule has 0 aromatic heterocycles. The minimum absolute atomic E-state index is 0.0561. The smallest absolute Gasteiger partial charge is 0.310 e. The van der Waals surface area contributed by atoms with Crippen LogP contribution in [-0.2, 0) is 14.3 Å². The molecule has 3 fully saturated rings. The van der Waals surface area contributed by atoms with Crippen molar-refractivity contribution in [2.45, 2.75) is 24.3 Å². The Morgan fingerprint density at radius 2 is 2.18 bits per heavy atom. The fraction of sp³-hybridized carbons (Fsp3) is 0.500. The Bertz CT molecular complexity index is 679. The fourth-order valence-electron chi connectivity index (χ4n) is 4.29. The van der Waals surface area contributed by atoms with Crippen LogP contribution in [0.3, 0.4) is 0 Å². The van der Waals surface area contributed by atoms with E-state index in [9.17, 15) is 9.59 Å². The third-order valence-electron chi connectivity index (χ3n) is 5.35. The number of hydrogen-bond donors (Lipinski definition) is 1. The van der Waals surface area contributed by atoms with E-state index in [-0.39, 0.29) is 46.5 Å². The summed E-state index contributed by atoms with van der Waals surface area (Å²) in [5, 5.41) is 3.57. The van der Waals surface area contributed by atoms with Gasteiger partial charge < -0.3 is 10.1 Å². The maximum atomic E-state index is 12.8. The summed E-state index contributed by atoms with van der Waals surface area (Å²) in [6, 6.07) is 5.42. The summed E-state index contributed by atoms with van der Waals surface area (Å²) in [6.07, 6.45) is 0.823. The lowest BCUT2D eigenvalue weighted by Gasteiger charge is -2.27. The van der Waals surface area contributed by atoms with Crippen LogP contribution in [0.4, 0.5) is 5.69 Å². The monoisotopic (exact) mass is 383 g/mol. The molecular formula is C16H15BrClNO3. The Morgan fingerprint density at radius 3 is 2.95 bits per heavy atom. The molecule has 116 valence electrons. The Kier molecular flexibility index (Phi) is 3.28. The van der Waals surface area contributed by atoms with E-state index in [1.165, 1.54) is 0 Å². The second kappa shape index (κ2) is 4.96. The van der Waals surface area contributed by atoms with Gasteiger partial charge in [0.1, 0.15) is 6.10 Å². The molecule has 22 heavy (non-hydrogen) atoms. The summed E-state index contributed by atoms with van der Waals surface area (Å²) in [7, 11) is 0. The predicted octanol–water partition coefficient (Wildman–Crippen LogP) is 3.16. The summed E-state index contributed by atoms with van der Waals surface area (Å²) in [6.45, 7) is 1.87. The summed E-state index contributed by atoms with van der Waals surface area (Å²) in [5.74, 6) is -0.599. The number of anilines is 1. The highest BCUT2D eigenvalue weighted by molar-refractivity contribution is 9.09. The zero-order chi connectivity index (χ0) is 15.6. The zero-order valence-corrected chi connectivity index (χ0v) is 14.2. The van der Waals surface area contributed by atoms with Gasteiger partial charge in [-0.1, -0.05) is 33.6 Å². The van der Waals surface area contributed by atoms with Gasteiger partial charge in [0, 0.05) is 16.6 Å². The van der Waals surface area contributed by atoms with E-state index >= 15 is 0 Å². The molecule has 0 spiro atoms. The molecule has 1 heterocycles. The van der Waals surface area contributed by atoms with Gasteiger partial charge in [0.15, 0.2) is 0 Å². The molecule has 4 rings (SSSR count). The number of amides is 1. The topological polar surface area (TPSA) is 55.4 Å². The maximum Gasteiger partial charge on any atom is 0.310 e. The Hall–Kier alpha value is -1.07. The molecule has 0 unspecified atom stereocenters. The minimum atomic E-state index is -0.320. The molecule has 1 aliphatic heterocycles. The molecule has 1 saturated heterocycles. The van der Waals surface area contributed by atoms with Crippen molar-refractivity contribution in [2.75, 3.05) is 5.32 Å². The number of alkyl halides is 1. The number of benzene rings is 1. The lowest BCUT2D eigenvalue weighted by molar-refractivity contribution is -0.145. The molecule has 2 saturated carbocycles. The van der Waals surface area contributed by atoms with Crippen molar-refractivity contribution < 1.29 is 14.3 Å². The minimum Gasteiger partial charge on any atom is -0.461 e. The fourth-order valence-corrected chi connectivity index (χ4v) is 5.51. The first-order valence-corrected chi connectivity index (χ1v) is 8.69. The number of ether oxygens (including phenoxy) is 1. The standard InChI is InChI=1S/C16H15BrClNO3/c1-6-9(18)3-2-4-10(6)19-15(20)11-7-5-8-12(11)16(21)22-14(8)13(7)17/h2-4,7-8,11-14H,5H2,1H3,(H,19,20)/t7-,8-,11+,12+,13-,14+/m1/s1. The molecule has 1 aromatic rings. The number of rotatable bonds is 2. The summed E-state index contributed by atoms with van der Waals surface area (Å²) in [4.78, 5) is 24.9. The van der Waals surface area contributed by atoms with E-state index in [4.69, 9.17) is 16.3 Å². The van der Waals surface area contributed by atoms with Crippen molar-refractivity contribution in [3.05, 3.63) is 28.8 Å². The van der Waals surface area contributed by atoms with Gasteiger partial charge in [-0.3, -0.25) is 9.59 Å². The number of carbonyl (C=O) groups excluding carboxylic acids is 2. The van der Waals surface area contributed by atoms with Crippen LogP contribution in [0, 0.1) is 30.6 Å². The number of fused-ring (bicyclic) bond motifs is 1. The van der Waals surface area contributed by atoms with E-state index < -0.39 is 0 Å². The van der Waals surface area contributed by atoms with Crippen LogP contribution in [0.1, 0.15) is 12.0 Å². The molecule has 0 radical (unpaired) electrons. The molecule has 1 N–H and O–H groups in total. The predicted molar refractivity (Wildman–Crippen MR) is 86.0 cm³/mol. The number of carbonyl (C=O) groups is 2. The molecule has 6 heteroatoms. The van der Waals surface area contributed by atoms with Gasteiger partial charge in [0.05, 0.1) is 16.7 Å². The van der Waals surface area contributed by atoms with Crippen LogP contribution in [0.25, 0.3) is 0 Å². The SMILES string of the molecule is Cc1c(Cl)cccc1NC(=O)[C@H]1[C@H]2C[C@H]3[C@H](OC(=O)[C@@H]31)[C@@H]2Br. The first kappa shape index (κ1) is 14.5. The molecule has 4 nitrogen and oxygen atoms in total. The largest absolute Gasteiger partial charge is 0.461 e. The Labute approximate surface area is 141 Å². The third kappa shape index (κ3) is 1.88. The Morgan fingerprint density at radius 1 is 1.41 bits per heavy atom. The van der Waals surface area contributed by atoms with Gasteiger partial charge >= 0.3 is 5.97 Å². The molecule has 3 aliphatic rings. The average Bonchev–Trinajstić information content (AvgIpc) is 3.08. The first-order chi connectivity index (χ1) is 10.5. The van der Waals surface area contributed by atoms with Crippen LogP contribution < -0.4 is 5.32 Å². The van der Waals surface area contributed by atoms with Gasteiger partial charge in [0.25, 0.3) is 0 Å². The normalized spacial score (nSPS) is 38.2. The molecule has 6 atom stereocenters. The highest BCUT2D eigenvalue weighted by Gasteiger charge is 2.67. The number of hydrogen-bond acceptors (Lipinski definition) is 3. The van der Waals surface area contributed by atoms with Crippen LogP contribution in [0.5, 0.6) is 0 Å². The van der Waals surface area contributed by atoms with E-state index in [1.54, 1.807) is 12.1 Å². The second-order valence-corrected chi connectivity index (χ2v) is 7.83. The van der Waals surface area contributed by atoms with E-state index in [0.717, 1.165) is 12.0 Å². The van der Waals surface area contributed by atoms with Crippen LogP contribution >= 0.6 is 27.5 Å². The summed E-state index contributed by atoms with van der Waals surface area (Å²) in [5.41, 5.74) is 1.54. The van der Waals surface area contributed by atoms with Crippen LogP contribution in [0.2, 0.25) is 5.02 Å². The Balaban J connectivity index is 1.61. The molecule has 1 amide bonds. The average molecular weight is 385 g/mol. The van der Waals surface area contributed by atoms with E-state index in [2.05, 4.69) is 21.2 Å². The van der Waals surface area contributed by atoms with Crippen molar-refractivity contribution >= 4 is 45.1 Å². The van der Waals surface area contributed by atoms with E-state index in [0.29, 0.717) is 10.7 Å². The number of halogens is 2. The third-order valence-corrected chi connectivity index (χ3v) is 6.96. The number of nitrogens with one attached hydrogen (secondary N) is 1. The van der Waals surface area contributed by atoms with Crippen LogP contribution in [0.15, 0.2) is 18.2 Å².